The van der Waals surface area contributed by atoms with Crippen molar-refractivity contribution < 1.29 is 56.8 Å². The summed E-state index contributed by atoms with van der Waals surface area (Å²) in [5, 5.41) is 31.1. The predicted octanol–water partition coefficient (Wildman–Crippen LogP) is 14.7. The molecule has 0 amide bonds. The van der Waals surface area contributed by atoms with Crippen LogP contribution in [0.5, 0.6) is 0 Å². The molecule has 0 aromatic heterocycles. The molecule has 6 unspecified atom stereocenters. The number of ether oxygens (including phenoxy) is 4. The van der Waals surface area contributed by atoms with E-state index < -0.39 is 71.2 Å². The van der Waals surface area contributed by atoms with Gasteiger partial charge in [-0.1, -0.05) is 231 Å². The highest BCUT2D eigenvalue weighted by atomic mass is 32.2. The van der Waals surface area contributed by atoms with Crippen molar-refractivity contribution in [3.63, 3.8) is 0 Å². The molecule has 12 nitrogen and oxygen atoms in total. The molecular weight excluding hydrogens is 933 g/mol. The van der Waals surface area contributed by atoms with E-state index in [-0.39, 0.29) is 19.4 Å². The van der Waals surface area contributed by atoms with E-state index in [1.54, 1.807) is 0 Å². The van der Waals surface area contributed by atoms with E-state index in [1.165, 1.54) is 205 Å². The molecule has 0 aromatic rings. The minimum atomic E-state index is -4.61. The van der Waals surface area contributed by atoms with Crippen LogP contribution < -0.4 is 0 Å². The first-order valence-electron chi connectivity index (χ1n) is 29.9. The van der Waals surface area contributed by atoms with Crippen LogP contribution in [0.15, 0.2) is 24.3 Å². The summed E-state index contributed by atoms with van der Waals surface area (Å²) >= 11 is 0. The van der Waals surface area contributed by atoms with Gasteiger partial charge in [0.15, 0.2) is 12.4 Å². The van der Waals surface area contributed by atoms with Crippen molar-refractivity contribution in [2.24, 2.45) is 0 Å². The maximum Gasteiger partial charge on any atom is 0.306 e. The normalized spacial score (nSPS) is 18.9. The third-order valence-corrected chi connectivity index (χ3v) is 14.8. The SMILES string of the molecule is CCCCCCCCCC/C=C\CCCCCCCCCCCCCC(=O)OC(COC(=O)CCCCCCCCCCC/C=C\CCCCCCCCCC)COC1OC(CS(=O)(=O)O)C(O)C(O)C1O. The number of hydrogen-bond donors (Lipinski definition) is 4. The fraction of sp³-hybridized carbons (Fsp3) is 0.898. The second-order valence-electron chi connectivity index (χ2n) is 21.0. The van der Waals surface area contributed by atoms with Crippen LogP contribution in [0.4, 0.5) is 0 Å². The highest BCUT2D eigenvalue weighted by Gasteiger charge is 2.46. The Morgan fingerprint density at radius 1 is 0.458 bits per heavy atom. The standard InChI is InChI=1S/C59H110O12S/c1-3-5-7-9-11-13-15-17-19-21-23-25-26-28-30-32-34-36-38-40-42-44-46-48-55(61)70-52(50-69-59-58(64)57(63)56(62)53(71-59)51-72(65,66)67)49-68-54(60)47-45-43-41-39-37-35-33-31-29-27-24-22-20-18-16-14-12-10-8-6-4-2/h21-24,52-53,56-59,62-64H,3-20,25-51H2,1-2H3,(H,65,66,67)/b23-21-,24-22-. The van der Waals surface area contributed by atoms with Gasteiger partial charge in [0.25, 0.3) is 10.1 Å². The molecule has 0 spiro atoms. The lowest BCUT2D eigenvalue weighted by molar-refractivity contribution is -0.297. The number of carbonyl (C=O) groups excluding carboxylic acids is 2. The van der Waals surface area contributed by atoms with E-state index in [4.69, 9.17) is 18.9 Å². The minimum Gasteiger partial charge on any atom is -0.462 e. The monoisotopic (exact) mass is 1040 g/mol. The summed E-state index contributed by atoms with van der Waals surface area (Å²) in [5.41, 5.74) is 0. The Labute approximate surface area is 440 Å². The number of aliphatic hydroxyl groups excluding tert-OH is 3. The first-order valence-corrected chi connectivity index (χ1v) is 31.5. The van der Waals surface area contributed by atoms with Crippen LogP contribution in [0.2, 0.25) is 0 Å². The van der Waals surface area contributed by atoms with Gasteiger partial charge in [-0.15, -0.1) is 0 Å². The predicted molar refractivity (Wildman–Crippen MR) is 293 cm³/mol. The maximum atomic E-state index is 12.9. The summed E-state index contributed by atoms with van der Waals surface area (Å²) in [6, 6.07) is 0. The van der Waals surface area contributed by atoms with Gasteiger partial charge < -0.3 is 34.3 Å². The molecule has 0 aliphatic carbocycles. The second kappa shape index (κ2) is 48.8. The number of aliphatic hydroxyl groups is 3. The summed E-state index contributed by atoms with van der Waals surface area (Å²) < 4.78 is 54.4. The number of allylic oxidation sites excluding steroid dienone is 4. The van der Waals surface area contributed by atoms with Crippen molar-refractivity contribution in [3.8, 4) is 0 Å². The fourth-order valence-electron chi connectivity index (χ4n) is 9.38. The molecular formula is C59H110O12S. The molecule has 6 atom stereocenters. The largest absolute Gasteiger partial charge is 0.462 e. The lowest BCUT2D eigenvalue weighted by Gasteiger charge is -2.40. The minimum absolute atomic E-state index is 0.166. The average molecular weight is 1040 g/mol. The van der Waals surface area contributed by atoms with Gasteiger partial charge in [-0.2, -0.15) is 8.42 Å². The Hall–Kier alpha value is -1.87. The zero-order chi connectivity index (χ0) is 52.6. The maximum absolute atomic E-state index is 12.9. The van der Waals surface area contributed by atoms with Crippen LogP contribution in [0, 0.1) is 0 Å². The third-order valence-electron chi connectivity index (χ3n) is 14.0. The Bertz CT molecular complexity index is 1410. The summed E-state index contributed by atoms with van der Waals surface area (Å²) in [5.74, 6) is -1.97. The molecule has 1 saturated heterocycles. The van der Waals surface area contributed by atoms with Crippen molar-refractivity contribution in [1.82, 2.24) is 0 Å². The van der Waals surface area contributed by atoms with E-state index in [1.807, 2.05) is 0 Å². The van der Waals surface area contributed by atoms with Gasteiger partial charge in [0, 0.05) is 12.8 Å². The molecule has 0 bridgehead atoms. The Balaban J connectivity index is 2.29. The number of hydrogen-bond acceptors (Lipinski definition) is 11. The summed E-state index contributed by atoms with van der Waals surface area (Å²) in [4.78, 5) is 25.6. The molecule has 1 aliphatic rings. The molecule has 1 heterocycles. The van der Waals surface area contributed by atoms with Crippen LogP contribution >= 0.6 is 0 Å². The molecule has 1 aliphatic heterocycles. The Morgan fingerprint density at radius 2 is 0.792 bits per heavy atom. The van der Waals surface area contributed by atoms with Crippen molar-refractivity contribution in [2.45, 2.75) is 320 Å². The van der Waals surface area contributed by atoms with E-state index in [0.717, 1.165) is 38.5 Å². The number of carbonyl (C=O) groups is 2. The van der Waals surface area contributed by atoms with Gasteiger partial charge in [0.1, 0.15) is 36.8 Å². The van der Waals surface area contributed by atoms with Gasteiger partial charge >= 0.3 is 11.9 Å². The van der Waals surface area contributed by atoms with Crippen LogP contribution in [0.1, 0.15) is 284 Å². The smallest absolute Gasteiger partial charge is 0.306 e. The topological polar surface area (TPSA) is 186 Å². The first-order chi connectivity index (χ1) is 35.0. The van der Waals surface area contributed by atoms with Gasteiger partial charge in [-0.05, 0) is 64.2 Å². The highest BCUT2D eigenvalue weighted by molar-refractivity contribution is 7.85. The highest BCUT2D eigenvalue weighted by Crippen LogP contribution is 2.24. The van der Waals surface area contributed by atoms with Crippen molar-refractivity contribution >= 4 is 22.1 Å². The van der Waals surface area contributed by atoms with Crippen molar-refractivity contribution in [1.29, 1.82) is 0 Å². The number of rotatable bonds is 52. The lowest BCUT2D eigenvalue weighted by atomic mass is 10.00. The van der Waals surface area contributed by atoms with Gasteiger partial charge in [-0.3, -0.25) is 14.1 Å². The number of unbranched alkanes of at least 4 members (excludes halogenated alkanes) is 36. The lowest BCUT2D eigenvalue weighted by Crippen LogP contribution is -2.60. The molecule has 0 radical (unpaired) electrons. The first kappa shape index (κ1) is 68.1. The Morgan fingerprint density at radius 3 is 1.15 bits per heavy atom. The van der Waals surface area contributed by atoms with Crippen molar-refractivity contribution in [2.75, 3.05) is 19.0 Å². The third kappa shape index (κ3) is 42.4. The molecule has 72 heavy (non-hydrogen) atoms. The zero-order valence-electron chi connectivity index (χ0n) is 46.1. The van der Waals surface area contributed by atoms with Crippen LogP contribution in [-0.2, 0) is 38.7 Å². The molecule has 13 heteroatoms. The van der Waals surface area contributed by atoms with Gasteiger partial charge in [-0.25, -0.2) is 0 Å². The quantitative estimate of drug-likeness (QED) is 0.0196. The van der Waals surface area contributed by atoms with E-state index >= 15 is 0 Å². The molecule has 1 rings (SSSR count). The van der Waals surface area contributed by atoms with E-state index in [9.17, 15) is 37.9 Å². The molecule has 0 aromatic carbocycles. The zero-order valence-corrected chi connectivity index (χ0v) is 46.9. The molecule has 1 fully saturated rings. The van der Waals surface area contributed by atoms with Gasteiger partial charge in [0.05, 0.1) is 6.61 Å². The fourth-order valence-corrected chi connectivity index (χ4v) is 10.1. The van der Waals surface area contributed by atoms with E-state index in [2.05, 4.69) is 38.2 Å². The Kier molecular flexibility index (Phi) is 46.1. The van der Waals surface area contributed by atoms with Crippen LogP contribution in [-0.4, -0.2) is 96.0 Å². The molecule has 424 valence electrons. The molecule has 4 N–H and O–H groups in total. The number of esters is 2. The summed E-state index contributed by atoms with van der Waals surface area (Å²) in [6.07, 6.45) is 49.3. The second-order valence-corrected chi connectivity index (χ2v) is 22.5. The average Bonchev–Trinajstić information content (AvgIpc) is 3.35. The molecule has 0 saturated carbocycles. The summed E-state index contributed by atoms with van der Waals surface area (Å²) in [7, 11) is -4.61. The van der Waals surface area contributed by atoms with Gasteiger partial charge in [0.2, 0.25) is 0 Å². The summed E-state index contributed by atoms with van der Waals surface area (Å²) in [6.45, 7) is 3.82. The van der Waals surface area contributed by atoms with Crippen molar-refractivity contribution in [3.05, 3.63) is 24.3 Å². The van der Waals surface area contributed by atoms with E-state index in [0.29, 0.717) is 12.8 Å². The van der Waals surface area contributed by atoms with Crippen LogP contribution in [0.25, 0.3) is 0 Å². The van der Waals surface area contributed by atoms with Crippen LogP contribution in [0.3, 0.4) is 0 Å².